The highest BCUT2D eigenvalue weighted by atomic mass is 79.9. The maximum absolute atomic E-state index is 5.66. The lowest BCUT2D eigenvalue weighted by molar-refractivity contribution is 1.10. The Morgan fingerprint density at radius 1 is 1.37 bits per heavy atom. The van der Waals surface area contributed by atoms with Gasteiger partial charge in [0, 0.05) is 24.5 Å². The maximum Gasteiger partial charge on any atom is 0.147 e. The molecule has 0 amide bonds. The molecule has 2 aromatic rings. The number of rotatable bonds is 3. The number of hydrogen-bond donors (Lipinski definition) is 1. The SMILES string of the molecule is Cc1ccnc(N(C)c2cccc(C(N)=S)c2)c1Br. The van der Waals surface area contributed by atoms with E-state index in [9.17, 15) is 0 Å². The Kier molecular flexibility index (Phi) is 4.17. The van der Waals surface area contributed by atoms with Crippen LogP contribution in [0.1, 0.15) is 11.1 Å². The summed E-state index contributed by atoms with van der Waals surface area (Å²) in [5.74, 6) is 0.861. The molecule has 1 aromatic carbocycles. The van der Waals surface area contributed by atoms with E-state index in [1.807, 2.05) is 49.2 Å². The summed E-state index contributed by atoms with van der Waals surface area (Å²) < 4.78 is 0.984. The van der Waals surface area contributed by atoms with Gasteiger partial charge in [-0.05, 0) is 46.6 Å². The number of anilines is 2. The first-order valence-corrected chi connectivity index (χ1v) is 6.95. The molecule has 0 aliphatic heterocycles. The van der Waals surface area contributed by atoms with Crippen LogP contribution in [0, 0.1) is 6.92 Å². The highest BCUT2D eigenvalue weighted by molar-refractivity contribution is 9.10. The summed E-state index contributed by atoms with van der Waals surface area (Å²) in [5, 5.41) is 0. The van der Waals surface area contributed by atoms with Gasteiger partial charge < -0.3 is 10.6 Å². The molecule has 0 atom stereocenters. The molecule has 0 radical (unpaired) electrons. The summed E-state index contributed by atoms with van der Waals surface area (Å²) in [6, 6.07) is 9.76. The van der Waals surface area contributed by atoms with E-state index in [4.69, 9.17) is 18.0 Å². The fraction of sp³-hybridized carbons (Fsp3) is 0.143. The van der Waals surface area contributed by atoms with Crippen molar-refractivity contribution >= 4 is 44.6 Å². The predicted molar refractivity (Wildman–Crippen MR) is 87.1 cm³/mol. The average molecular weight is 336 g/mol. The molecule has 1 heterocycles. The zero-order valence-corrected chi connectivity index (χ0v) is 13.1. The van der Waals surface area contributed by atoms with E-state index in [-0.39, 0.29) is 0 Å². The fourth-order valence-corrected chi connectivity index (χ4v) is 2.38. The fourth-order valence-electron chi connectivity index (χ4n) is 1.75. The van der Waals surface area contributed by atoms with Crippen LogP contribution in [0.2, 0.25) is 0 Å². The van der Waals surface area contributed by atoms with E-state index in [0.717, 1.165) is 27.1 Å². The number of nitrogens with two attached hydrogens (primary N) is 1. The van der Waals surface area contributed by atoms with Crippen molar-refractivity contribution in [2.45, 2.75) is 6.92 Å². The first-order chi connectivity index (χ1) is 9.00. The van der Waals surface area contributed by atoms with Crippen molar-refractivity contribution in [2.75, 3.05) is 11.9 Å². The number of hydrogen-bond acceptors (Lipinski definition) is 3. The van der Waals surface area contributed by atoms with Gasteiger partial charge in [-0.25, -0.2) is 4.98 Å². The van der Waals surface area contributed by atoms with Gasteiger partial charge in [0.2, 0.25) is 0 Å². The van der Waals surface area contributed by atoms with Crippen LogP contribution in [-0.4, -0.2) is 17.0 Å². The highest BCUT2D eigenvalue weighted by Gasteiger charge is 2.11. The van der Waals surface area contributed by atoms with Gasteiger partial charge in [0.1, 0.15) is 10.8 Å². The van der Waals surface area contributed by atoms with Crippen molar-refractivity contribution < 1.29 is 0 Å². The molecule has 0 fully saturated rings. The molecule has 0 unspecified atom stereocenters. The van der Waals surface area contributed by atoms with Gasteiger partial charge in [-0.1, -0.05) is 24.4 Å². The predicted octanol–water partition coefficient (Wildman–Crippen LogP) is 3.55. The van der Waals surface area contributed by atoms with E-state index in [1.54, 1.807) is 6.20 Å². The minimum absolute atomic E-state index is 0.395. The molecule has 0 aliphatic rings. The quantitative estimate of drug-likeness (QED) is 0.871. The summed E-state index contributed by atoms with van der Waals surface area (Å²) in [5.41, 5.74) is 8.64. The summed E-state index contributed by atoms with van der Waals surface area (Å²) >= 11 is 8.58. The Morgan fingerprint density at radius 3 is 2.79 bits per heavy atom. The first kappa shape index (κ1) is 14.0. The number of aryl methyl sites for hydroxylation is 1. The molecule has 0 saturated carbocycles. The van der Waals surface area contributed by atoms with Crippen LogP contribution in [0.5, 0.6) is 0 Å². The molecular formula is C14H14BrN3S. The molecule has 5 heteroatoms. The van der Waals surface area contributed by atoms with Gasteiger partial charge in [0.15, 0.2) is 0 Å². The molecule has 0 spiro atoms. The van der Waals surface area contributed by atoms with Crippen molar-refractivity contribution in [3.05, 3.63) is 52.1 Å². The normalized spacial score (nSPS) is 10.3. The van der Waals surface area contributed by atoms with Crippen LogP contribution in [0.4, 0.5) is 11.5 Å². The lowest BCUT2D eigenvalue weighted by Crippen LogP contribution is -2.14. The minimum atomic E-state index is 0.395. The van der Waals surface area contributed by atoms with Crippen molar-refractivity contribution in [3.8, 4) is 0 Å². The number of halogens is 1. The maximum atomic E-state index is 5.66. The van der Waals surface area contributed by atoms with Gasteiger partial charge in [0.05, 0.1) is 4.47 Å². The summed E-state index contributed by atoms with van der Waals surface area (Å²) in [6.07, 6.45) is 1.79. The molecule has 98 valence electrons. The van der Waals surface area contributed by atoms with E-state index >= 15 is 0 Å². The molecule has 1 aromatic heterocycles. The van der Waals surface area contributed by atoms with Crippen LogP contribution in [0.25, 0.3) is 0 Å². The Hall–Kier alpha value is -1.46. The lowest BCUT2D eigenvalue weighted by Gasteiger charge is -2.21. The van der Waals surface area contributed by atoms with Crippen LogP contribution in [-0.2, 0) is 0 Å². The Bertz CT molecular complexity index is 628. The molecule has 19 heavy (non-hydrogen) atoms. The average Bonchev–Trinajstić information content (AvgIpc) is 2.41. The summed E-state index contributed by atoms with van der Waals surface area (Å²) in [7, 11) is 1.96. The van der Waals surface area contributed by atoms with Gasteiger partial charge in [-0.2, -0.15) is 0 Å². The van der Waals surface area contributed by atoms with Crippen LogP contribution < -0.4 is 10.6 Å². The second-order valence-electron chi connectivity index (χ2n) is 4.24. The van der Waals surface area contributed by atoms with E-state index < -0.39 is 0 Å². The lowest BCUT2D eigenvalue weighted by atomic mass is 10.2. The molecular weight excluding hydrogens is 322 g/mol. The Labute approximate surface area is 126 Å². The highest BCUT2D eigenvalue weighted by Crippen LogP contribution is 2.31. The van der Waals surface area contributed by atoms with Crippen LogP contribution in [0.15, 0.2) is 41.0 Å². The molecule has 2 N–H and O–H groups in total. The second-order valence-corrected chi connectivity index (χ2v) is 5.47. The van der Waals surface area contributed by atoms with Gasteiger partial charge >= 0.3 is 0 Å². The number of benzene rings is 1. The smallest absolute Gasteiger partial charge is 0.147 e. The third-order valence-electron chi connectivity index (χ3n) is 2.90. The third-order valence-corrected chi connectivity index (χ3v) is 4.12. The summed E-state index contributed by atoms with van der Waals surface area (Å²) in [6.45, 7) is 2.04. The molecule has 0 saturated heterocycles. The topological polar surface area (TPSA) is 42.2 Å². The molecule has 3 nitrogen and oxygen atoms in total. The van der Waals surface area contributed by atoms with Gasteiger partial charge in [-0.15, -0.1) is 0 Å². The zero-order chi connectivity index (χ0) is 14.0. The van der Waals surface area contributed by atoms with E-state index in [1.165, 1.54) is 0 Å². The van der Waals surface area contributed by atoms with Crippen molar-refractivity contribution in [1.82, 2.24) is 4.98 Å². The largest absolute Gasteiger partial charge is 0.389 e. The monoisotopic (exact) mass is 335 g/mol. The van der Waals surface area contributed by atoms with Crippen molar-refractivity contribution in [2.24, 2.45) is 5.73 Å². The zero-order valence-electron chi connectivity index (χ0n) is 10.7. The van der Waals surface area contributed by atoms with Crippen LogP contribution >= 0.6 is 28.1 Å². The standard InChI is InChI=1S/C14H14BrN3S/c1-9-6-7-17-14(12(9)15)18(2)11-5-3-4-10(8-11)13(16)19/h3-8H,1-2H3,(H2,16,19). The molecule has 2 rings (SSSR count). The van der Waals surface area contributed by atoms with E-state index in [0.29, 0.717) is 4.99 Å². The molecule has 0 bridgehead atoms. The van der Waals surface area contributed by atoms with Gasteiger partial charge in [-0.3, -0.25) is 0 Å². The Balaban J connectivity index is 2.44. The third kappa shape index (κ3) is 2.93. The van der Waals surface area contributed by atoms with Crippen molar-refractivity contribution in [3.63, 3.8) is 0 Å². The number of nitrogens with zero attached hydrogens (tertiary/aromatic N) is 2. The van der Waals surface area contributed by atoms with Crippen molar-refractivity contribution in [1.29, 1.82) is 0 Å². The number of aromatic nitrogens is 1. The van der Waals surface area contributed by atoms with Crippen LogP contribution in [0.3, 0.4) is 0 Å². The van der Waals surface area contributed by atoms with E-state index in [2.05, 4.69) is 20.9 Å². The molecule has 0 aliphatic carbocycles. The number of thiocarbonyl (C=S) groups is 1. The summed E-state index contributed by atoms with van der Waals surface area (Å²) in [4.78, 5) is 6.80. The first-order valence-electron chi connectivity index (χ1n) is 5.75. The second kappa shape index (κ2) is 5.67. The van der Waals surface area contributed by atoms with Gasteiger partial charge in [0.25, 0.3) is 0 Å². The minimum Gasteiger partial charge on any atom is -0.389 e. The number of pyridine rings is 1. The Morgan fingerprint density at radius 2 is 2.11 bits per heavy atom.